The van der Waals surface area contributed by atoms with Crippen molar-refractivity contribution in [2.45, 2.75) is 59.2 Å². The van der Waals surface area contributed by atoms with Crippen LogP contribution in [0.3, 0.4) is 0 Å². The monoisotopic (exact) mass is 618 g/mol. The second kappa shape index (κ2) is 13.0. The Labute approximate surface area is 243 Å². The van der Waals surface area contributed by atoms with Gasteiger partial charge in [-0.15, -0.1) is 0 Å². The van der Waals surface area contributed by atoms with Crippen LogP contribution in [0.25, 0.3) is 0 Å². The van der Waals surface area contributed by atoms with E-state index in [0.717, 1.165) is 26.7 Å². The van der Waals surface area contributed by atoms with Crippen molar-refractivity contribution in [3.63, 3.8) is 0 Å². The predicted molar refractivity (Wildman–Crippen MR) is 158 cm³/mol. The van der Waals surface area contributed by atoms with Gasteiger partial charge in [-0.25, -0.2) is 0 Å². The molecule has 0 bridgehead atoms. The summed E-state index contributed by atoms with van der Waals surface area (Å²) in [6.45, 7) is 9.61. The molecule has 2 amide bonds. The zero-order valence-corrected chi connectivity index (χ0v) is 25.4. The Balaban J connectivity index is 1.96. The van der Waals surface area contributed by atoms with Crippen LogP contribution < -0.4 is 10.1 Å². The molecule has 0 radical (unpaired) electrons. The highest BCUT2D eigenvalue weighted by molar-refractivity contribution is 9.10. The molecule has 0 saturated heterocycles. The molecule has 3 aromatic carbocycles. The number of ether oxygens (including phenoxy) is 1. The van der Waals surface area contributed by atoms with Gasteiger partial charge in [0.2, 0.25) is 5.91 Å². The number of aryl methyl sites for hydroxylation is 2. The van der Waals surface area contributed by atoms with Gasteiger partial charge in [-0.3, -0.25) is 9.59 Å². The second-order valence-electron chi connectivity index (χ2n) is 10.4. The summed E-state index contributed by atoms with van der Waals surface area (Å²) in [5.41, 5.74) is 3.23. The molecule has 0 saturated carbocycles. The first-order valence-electron chi connectivity index (χ1n) is 12.3. The molecule has 0 spiro atoms. The molecule has 38 heavy (non-hydrogen) atoms. The molecule has 0 heterocycles. The van der Waals surface area contributed by atoms with Crippen molar-refractivity contribution in [2.75, 3.05) is 6.61 Å². The highest BCUT2D eigenvalue weighted by Gasteiger charge is 2.32. The average molecular weight is 620 g/mol. The van der Waals surface area contributed by atoms with E-state index >= 15 is 0 Å². The molecule has 0 aliphatic carbocycles. The number of rotatable bonds is 9. The second-order valence-corrected chi connectivity index (χ2v) is 12.0. The predicted octanol–water partition coefficient (Wildman–Crippen LogP) is 7.31. The first-order valence-corrected chi connectivity index (χ1v) is 13.9. The van der Waals surface area contributed by atoms with E-state index < -0.39 is 11.6 Å². The highest BCUT2D eigenvalue weighted by Crippen LogP contribution is 2.27. The molecule has 0 aliphatic rings. The third-order valence-corrected chi connectivity index (χ3v) is 7.87. The van der Waals surface area contributed by atoms with Crippen LogP contribution in [0.5, 0.6) is 5.75 Å². The van der Waals surface area contributed by atoms with Crippen LogP contribution in [0.2, 0.25) is 10.0 Å². The largest absolute Gasteiger partial charge is 0.484 e. The van der Waals surface area contributed by atoms with Gasteiger partial charge < -0.3 is 15.0 Å². The molecule has 1 N–H and O–H groups in total. The molecule has 0 aliphatic heterocycles. The van der Waals surface area contributed by atoms with E-state index in [1.807, 2.05) is 77.1 Å². The van der Waals surface area contributed by atoms with Crippen LogP contribution in [0.15, 0.2) is 65.1 Å². The summed E-state index contributed by atoms with van der Waals surface area (Å²) in [6.07, 6.45) is 0.340. The van der Waals surface area contributed by atoms with E-state index in [1.165, 1.54) is 0 Å². The van der Waals surface area contributed by atoms with Crippen molar-refractivity contribution in [1.82, 2.24) is 10.2 Å². The summed E-state index contributed by atoms with van der Waals surface area (Å²) >= 11 is 16.0. The van der Waals surface area contributed by atoms with Crippen LogP contribution in [0, 0.1) is 13.8 Å². The Morgan fingerprint density at radius 2 is 1.58 bits per heavy atom. The van der Waals surface area contributed by atoms with Crippen LogP contribution in [0.4, 0.5) is 0 Å². The fourth-order valence-electron chi connectivity index (χ4n) is 4.06. The summed E-state index contributed by atoms with van der Waals surface area (Å²) in [7, 11) is 0. The van der Waals surface area contributed by atoms with Crippen molar-refractivity contribution < 1.29 is 14.3 Å². The molecule has 3 aromatic rings. The van der Waals surface area contributed by atoms with Crippen molar-refractivity contribution in [3.8, 4) is 5.75 Å². The zero-order valence-electron chi connectivity index (χ0n) is 22.3. The summed E-state index contributed by atoms with van der Waals surface area (Å²) in [4.78, 5) is 28.9. The summed E-state index contributed by atoms with van der Waals surface area (Å²) in [5, 5.41) is 3.85. The highest BCUT2D eigenvalue weighted by atomic mass is 79.9. The number of hydrogen-bond acceptors (Lipinski definition) is 3. The topological polar surface area (TPSA) is 58.6 Å². The molecular weight excluding hydrogens is 587 g/mol. The standard InChI is InChI=1S/C30H33BrCl2N2O3/c1-19-13-23(14-20(2)28(19)31)38-18-27(36)35(17-22-11-12-24(32)25(33)15-22)26(29(37)34-30(3,4)5)16-21-9-7-6-8-10-21/h6-15,26H,16-18H2,1-5H3,(H,34,37). The molecule has 5 nitrogen and oxygen atoms in total. The quantitative estimate of drug-likeness (QED) is 0.273. The smallest absolute Gasteiger partial charge is 0.261 e. The van der Waals surface area contributed by atoms with E-state index in [-0.39, 0.29) is 25.0 Å². The number of nitrogens with one attached hydrogen (secondary N) is 1. The molecule has 0 fully saturated rings. The number of hydrogen-bond donors (Lipinski definition) is 1. The lowest BCUT2D eigenvalue weighted by Gasteiger charge is -2.33. The van der Waals surface area contributed by atoms with Gasteiger partial charge in [0.05, 0.1) is 10.0 Å². The van der Waals surface area contributed by atoms with E-state index in [9.17, 15) is 9.59 Å². The van der Waals surface area contributed by atoms with Crippen molar-refractivity contribution in [2.24, 2.45) is 0 Å². The molecular formula is C30H33BrCl2N2O3. The Hall–Kier alpha value is -2.54. The van der Waals surface area contributed by atoms with Crippen LogP contribution in [0.1, 0.15) is 43.0 Å². The van der Waals surface area contributed by atoms with Gasteiger partial charge in [-0.2, -0.15) is 0 Å². The summed E-state index contributed by atoms with van der Waals surface area (Å²) < 4.78 is 6.94. The lowest BCUT2D eigenvalue weighted by Crippen LogP contribution is -2.55. The summed E-state index contributed by atoms with van der Waals surface area (Å²) in [6, 6.07) is 17.8. The fourth-order valence-corrected chi connectivity index (χ4v) is 4.61. The number of nitrogens with zero attached hydrogens (tertiary/aromatic N) is 1. The third kappa shape index (κ3) is 8.48. The SMILES string of the molecule is Cc1cc(OCC(=O)N(Cc2ccc(Cl)c(Cl)c2)C(Cc2ccccc2)C(=O)NC(C)(C)C)cc(C)c1Br. The first kappa shape index (κ1) is 30.0. The van der Waals surface area contributed by atoms with Crippen molar-refractivity contribution in [3.05, 3.63) is 97.4 Å². The van der Waals surface area contributed by atoms with Gasteiger partial charge in [0.1, 0.15) is 11.8 Å². The number of halogens is 3. The van der Waals surface area contributed by atoms with Gasteiger partial charge in [0, 0.05) is 23.0 Å². The van der Waals surface area contributed by atoms with Gasteiger partial charge in [-0.05, 0) is 81.1 Å². The van der Waals surface area contributed by atoms with E-state index in [1.54, 1.807) is 23.1 Å². The lowest BCUT2D eigenvalue weighted by atomic mass is 10.0. The van der Waals surface area contributed by atoms with Crippen molar-refractivity contribution >= 4 is 50.9 Å². The van der Waals surface area contributed by atoms with Gasteiger partial charge in [0.15, 0.2) is 6.61 Å². The molecule has 3 rings (SSSR count). The Bertz CT molecular complexity index is 1270. The number of carbonyl (C=O) groups is 2. The van der Waals surface area contributed by atoms with Gasteiger partial charge in [-0.1, -0.05) is 75.5 Å². The maximum absolute atomic E-state index is 13.8. The maximum atomic E-state index is 13.8. The fraction of sp³-hybridized carbons (Fsp3) is 0.333. The van der Waals surface area contributed by atoms with Crippen molar-refractivity contribution in [1.29, 1.82) is 0 Å². The van der Waals surface area contributed by atoms with Crippen LogP contribution >= 0.6 is 39.1 Å². The van der Waals surface area contributed by atoms with E-state index in [0.29, 0.717) is 22.2 Å². The third-order valence-electron chi connectivity index (χ3n) is 5.88. The normalized spacial score (nSPS) is 12.1. The minimum atomic E-state index is -0.782. The molecule has 8 heteroatoms. The Morgan fingerprint density at radius 3 is 2.16 bits per heavy atom. The number of carbonyl (C=O) groups excluding carboxylic acids is 2. The molecule has 0 aromatic heterocycles. The first-order chi connectivity index (χ1) is 17.8. The van der Waals surface area contributed by atoms with Crippen LogP contribution in [-0.2, 0) is 22.6 Å². The van der Waals surface area contributed by atoms with E-state index in [2.05, 4.69) is 21.2 Å². The van der Waals surface area contributed by atoms with Gasteiger partial charge >= 0.3 is 0 Å². The number of amides is 2. The Kier molecular flexibility index (Phi) is 10.3. The van der Waals surface area contributed by atoms with Crippen LogP contribution in [-0.4, -0.2) is 34.9 Å². The van der Waals surface area contributed by atoms with E-state index in [4.69, 9.17) is 27.9 Å². The molecule has 1 atom stereocenters. The zero-order chi connectivity index (χ0) is 28.0. The molecule has 1 unspecified atom stereocenters. The van der Waals surface area contributed by atoms with Gasteiger partial charge in [0.25, 0.3) is 5.91 Å². The molecule has 202 valence electrons. The minimum Gasteiger partial charge on any atom is -0.484 e. The maximum Gasteiger partial charge on any atom is 0.261 e. The Morgan fingerprint density at radius 1 is 0.947 bits per heavy atom. The summed E-state index contributed by atoms with van der Waals surface area (Å²) in [5.74, 6) is 0.0224. The minimum absolute atomic E-state index is 0.159. The lowest BCUT2D eigenvalue weighted by molar-refractivity contribution is -0.143. The number of benzene rings is 3. The average Bonchev–Trinajstić information content (AvgIpc) is 2.84.